The van der Waals surface area contributed by atoms with Crippen molar-refractivity contribution in [3.8, 4) is 0 Å². The van der Waals surface area contributed by atoms with Crippen LogP contribution in [0.3, 0.4) is 0 Å². The molecule has 0 radical (unpaired) electrons. The standard InChI is InChI=1S/C10H9FN4O2S/c11-8-3-1-2-7(4-8)6-18-10-12-13-14-15(10)5-9(16)17/h1-4H,5-6H2,(H,16,17). The number of carbonyl (C=O) groups is 1. The Morgan fingerprint density at radius 1 is 1.50 bits per heavy atom. The second-order valence-electron chi connectivity index (χ2n) is 3.43. The van der Waals surface area contributed by atoms with E-state index in [1.165, 1.54) is 28.6 Å². The van der Waals surface area contributed by atoms with Crippen LogP contribution in [0.25, 0.3) is 0 Å². The molecule has 0 amide bonds. The highest BCUT2D eigenvalue weighted by atomic mass is 32.2. The Balaban J connectivity index is 2.02. The van der Waals surface area contributed by atoms with Crippen molar-refractivity contribution in [2.75, 3.05) is 0 Å². The Bertz CT molecular complexity index is 560. The van der Waals surface area contributed by atoms with E-state index in [2.05, 4.69) is 15.5 Å². The van der Waals surface area contributed by atoms with E-state index in [0.717, 1.165) is 5.56 Å². The number of nitrogens with zero attached hydrogens (tertiary/aromatic N) is 4. The minimum absolute atomic E-state index is 0.293. The van der Waals surface area contributed by atoms with Gasteiger partial charge in [0, 0.05) is 5.75 Å². The summed E-state index contributed by atoms with van der Waals surface area (Å²) in [5, 5.41) is 19.7. The average molecular weight is 268 g/mol. The Hall–Kier alpha value is -1.96. The SMILES string of the molecule is O=C(O)Cn1nnnc1SCc1cccc(F)c1. The second-order valence-corrected chi connectivity index (χ2v) is 4.37. The van der Waals surface area contributed by atoms with Gasteiger partial charge in [-0.2, -0.15) is 0 Å². The normalized spacial score (nSPS) is 10.5. The van der Waals surface area contributed by atoms with E-state index in [4.69, 9.17) is 5.11 Å². The minimum Gasteiger partial charge on any atom is -0.480 e. The van der Waals surface area contributed by atoms with E-state index < -0.39 is 5.97 Å². The number of aromatic nitrogens is 4. The maximum absolute atomic E-state index is 13.0. The van der Waals surface area contributed by atoms with Crippen LogP contribution in [0.1, 0.15) is 5.56 Å². The maximum atomic E-state index is 13.0. The molecule has 0 aliphatic carbocycles. The van der Waals surface area contributed by atoms with Gasteiger partial charge in [0.25, 0.3) is 0 Å². The molecule has 2 rings (SSSR count). The molecule has 0 spiro atoms. The molecule has 6 nitrogen and oxygen atoms in total. The third-order valence-corrected chi connectivity index (χ3v) is 3.07. The van der Waals surface area contributed by atoms with Gasteiger partial charge < -0.3 is 5.11 Å². The van der Waals surface area contributed by atoms with Crippen molar-refractivity contribution in [1.29, 1.82) is 0 Å². The summed E-state index contributed by atoms with van der Waals surface area (Å²) in [5.41, 5.74) is 0.782. The van der Waals surface area contributed by atoms with Crippen LogP contribution in [0, 0.1) is 5.82 Å². The molecule has 1 heterocycles. The van der Waals surface area contributed by atoms with E-state index in [9.17, 15) is 9.18 Å². The van der Waals surface area contributed by atoms with Crippen molar-refractivity contribution in [2.24, 2.45) is 0 Å². The molecular formula is C10H9FN4O2S. The van der Waals surface area contributed by atoms with Crippen molar-refractivity contribution < 1.29 is 14.3 Å². The first-order valence-corrected chi connectivity index (χ1v) is 5.99. The predicted molar refractivity (Wildman–Crippen MR) is 61.4 cm³/mol. The van der Waals surface area contributed by atoms with Gasteiger partial charge in [-0.3, -0.25) is 4.79 Å². The van der Waals surface area contributed by atoms with Crippen LogP contribution in [0.2, 0.25) is 0 Å². The number of benzene rings is 1. The number of rotatable bonds is 5. The summed E-state index contributed by atoms with van der Waals surface area (Å²) in [6.07, 6.45) is 0. The molecule has 1 N–H and O–H groups in total. The molecule has 0 fully saturated rings. The molecule has 94 valence electrons. The van der Waals surface area contributed by atoms with E-state index >= 15 is 0 Å². The van der Waals surface area contributed by atoms with Crippen molar-refractivity contribution in [3.63, 3.8) is 0 Å². The fourth-order valence-electron chi connectivity index (χ4n) is 1.30. The van der Waals surface area contributed by atoms with Crippen LogP contribution in [0.15, 0.2) is 29.4 Å². The minimum atomic E-state index is -1.02. The molecule has 0 saturated heterocycles. The number of aliphatic carboxylic acids is 1. The molecular weight excluding hydrogens is 259 g/mol. The smallest absolute Gasteiger partial charge is 0.325 e. The Labute approximate surface area is 106 Å². The number of hydrogen-bond acceptors (Lipinski definition) is 5. The molecule has 0 atom stereocenters. The van der Waals surface area contributed by atoms with Crippen LogP contribution in [0.4, 0.5) is 4.39 Å². The van der Waals surface area contributed by atoms with E-state index in [0.29, 0.717) is 10.9 Å². The molecule has 1 aromatic heterocycles. The van der Waals surface area contributed by atoms with Crippen molar-refractivity contribution in [2.45, 2.75) is 17.5 Å². The molecule has 1 aromatic carbocycles. The molecule has 0 saturated carbocycles. The van der Waals surface area contributed by atoms with Crippen LogP contribution in [-0.4, -0.2) is 31.3 Å². The number of hydrogen-bond donors (Lipinski definition) is 1. The van der Waals surface area contributed by atoms with Gasteiger partial charge in [-0.05, 0) is 28.1 Å². The summed E-state index contributed by atoms with van der Waals surface area (Å²) in [4.78, 5) is 10.6. The largest absolute Gasteiger partial charge is 0.480 e. The summed E-state index contributed by atoms with van der Waals surface area (Å²) < 4.78 is 14.1. The molecule has 2 aromatic rings. The van der Waals surface area contributed by atoms with Crippen LogP contribution < -0.4 is 0 Å². The first-order valence-electron chi connectivity index (χ1n) is 5.00. The monoisotopic (exact) mass is 268 g/mol. The number of tetrazole rings is 1. The lowest BCUT2D eigenvalue weighted by atomic mass is 10.2. The van der Waals surface area contributed by atoms with E-state index in [1.54, 1.807) is 12.1 Å². The Kier molecular flexibility index (Phi) is 3.88. The van der Waals surface area contributed by atoms with E-state index in [1.807, 2.05) is 0 Å². The number of carboxylic acid groups (broad SMARTS) is 1. The topological polar surface area (TPSA) is 80.9 Å². The van der Waals surface area contributed by atoms with Crippen molar-refractivity contribution in [3.05, 3.63) is 35.6 Å². The van der Waals surface area contributed by atoms with E-state index in [-0.39, 0.29) is 12.4 Å². The zero-order valence-corrected chi connectivity index (χ0v) is 9.97. The Morgan fingerprint density at radius 2 is 2.33 bits per heavy atom. The lowest BCUT2D eigenvalue weighted by molar-refractivity contribution is -0.138. The van der Waals surface area contributed by atoms with Crippen LogP contribution in [-0.2, 0) is 17.1 Å². The molecule has 0 unspecified atom stereocenters. The lowest BCUT2D eigenvalue weighted by Gasteiger charge is -2.02. The zero-order chi connectivity index (χ0) is 13.0. The van der Waals surface area contributed by atoms with Gasteiger partial charge in [-0.1, -0.05) is 23.9 Å². The summed E-state index contributed by atoms with van der Waals surface area (Å²) in [6.45, 7) is -0.293. The highest BCUT2D eigenvalue weighted by Gasteiger charge is 2.10. The number of thioether (sulfide) groups is 1. The van der Waals surface area contributed by atoms with Crippen LogP contribution >= 0.6 is 11.8 Å². The highest BCUT2D eigenvalue weighted by Crippen LogP contribution is 2.20. The lowest BCUT2D eigenvalue weighted by Crippen LogP contribution is -2.11. The highest BCUT2D eigenvalue weighted by molar-refractivity contribution is 7.98. The third-order valence-electron chi connectivity index (χ3n) is 2.04. The molecule has 18 heavy (non-hydrogen) atoms. The van der Waals surface area contributed by atoms with Crippen molar-refractivity contribution in [1.82, 2.24) is 20.2 Å². The van der Waals surface area contributed by atoms with Gasteiger partial charge in [0.2, 0.25) is 5.16 Å². The summed E-state index contributed by atoms with van der Waals surface area (Å²) in [5.74, 6) is -0.856. The average Bonchev–Trinajstić information content (AvgIpc) is 2.73. The maximum Gasteiger partial charge on any atom is 0.325 e. The summed E-state index contributed by atoms with van der Waals surface area (Å²) >= 11 is 1.25. The zero-order valence-electron chi connectivity index (χ0n) is 9.15. The summed E-state index contributed by atoms with van der Waals surface area (Å²) in [7, 11) is 0. The quantitative estimate of drug-likeness (QED) is 0.820. The fourth-order valence-corrected chi connectivity index (χ4v) is 2.12. The number of carboxylic acids is 1. The first kappa shape index (κ1) is 12.5. The number of halogens is 1. The molecule has 0 aliphatic rings. The van der Waals surface area contributed by atoms with Gasteiger partial charge in [0.05, 0.1) is 0 Å². The van der Waals surface area contributed by atoms with Gasteiger partial charge in [-0.15, -0.1) is 5.10 Å². The predicted octanol–water partition coefficient (Wildman–Crippen LogP) is 1.19. The van der Waals surface area contributed by atoms with Gasteiger partial charge in [-0.25, -0.2) is 9.07 Å². The van der Waals surface area contributed by atoms with Crippen LogP contribution in [0.5, 0.6) is 0 Å². The van der Waals surface area contributed by atoms with Gasteiger partial charge >= 0.3 is 5.97 Å². The fraction of sp³-hybridized carbons (Fsp3) is 0.200. The third kappa shape index (κ3) is 3.27. The van der Waals surface area contributed by atoms with Gasteiger partial charge in [0.1, 0.15) is 12.4 Å². The van der Waals surface area contributed by atoms with Gasteiger partial charge in [0.15, 0.2) is 0 Å². The van der Waals surface area contributed by atoms with Crippen molar-refractivity contribution >= 4 is 17.7 Å². The molecule has 8 heteroatoms. The second kappa shape index (κ2) is 5.58. The summed E-state index contributed by atoms with van der Waals surface area (Å²) in [6, 6.07) is 6.17. The molecule has 0 aliphatic heterocycles. The Morgan fingerprint density at radius 3 is 3.06 bits per heavy atom. The molecule has 0 bridgehead atoms. The first-order chi connectivity index (χ1) is 8.65.